The molecule has 1 aliphatic heterocycles. The lowest BCUT2D eigenvalue weighted by atomic mass is 10.0. The number of H-pyrrole nitrogens is 1. The Morgan fingerprint density at radius 2 is 2.00 bits per heavy atom. The molecule has 0 bridgehead atoms. The summed E-state index contributed by atoms with van der Waals surface area (Å²) in [4.78, 5) is 44.4. The Kier molecular flexibility index (Phi) is 6.07. The minimum absolute atomic E-state index is 0.143. The van der Waals surface area contributed by atoms with Crippen molar-refractivity contribution in [2.45, 2.75) is 18.9 Å². The first-order valence-corrected chi connectivity index (χ1v) is 11.5. The highest BCUT2D eigenvalue weighted by Gasteiger charge is 2.26. The van der Waals surface area contributed by atoms with Crippen LogP contribution in [0.5, 0.6) is 0 Å². The number of aromatic nitrogens is 5. The molecule has 1 N–H and O–H groups in total. The average Bonchev–Trinajstić information content (AvgIpc) is 2.89. The van der Waals surface area contributed by atoms with Gasteiger partial charge in [-0.3, -0.25) is 19.3 Å². The number of fused-ring (bicyclic) bond motifs is 3. The van der Waals surface area contributed by atoms with Crippen LogP contribution in [0, 0.1) is 11.3 Å². The Morgan fingerprint density at radius 1 is 1.20 bits per heavy atom. The summed E-state index contributed by atoms with van der Waals surface area (Å²) in [5.74, 6) is 0. The molecule has 11 heteroatoms. The van der Waals surface area contributed by atoms with Crippen LogP contribution in [-0.2, 0) is 4.74 Å². The first-order chi connectivity index (χ1) is 17.0. The number of hydrogen-bond donors (Lipinski definition) is 1. The van der Waals surface area contributed by atoms with Gasteiger partial charge in [-0.05, 0) is 37.1 Å². The van der Waals surface area contributed by atoms with Crippen molar-refractivity contribution in [2.24, 2.45) is 0 Å². The fourth-order valence-electron chi connectivity index (χ4n) is 4.50. The maximum atomic E-state index is 13.1. The number of nitrogens with one attached hydrogen (secondary N) is 1. The Hall–Kier alpha value is -4.01. The standard InChI is InChI=1S/C24H21N7O3S/c1-34-13-20(35)30-8-6-16(7-9-30)31-22-17(23(32)29-24(31)33)12-27-19-5-4-18(28-21(19)22)14-2-3-15(10-25)26-11-14/h2-5,11-12,16H,6-9,13H2,1H3,(H,29,32,33). The van der Waals surface area contributed by atoms with E-state index in [9.17, 15) is 9.59 Å². The predicted molar refractivity (Wildman–Crippen MR) is 134 cm³/mol. The zero-order chi connectivity index (χ0) is 24.5. The minimum atomic E-state index is -0.499. The average molecular weight is 488 g/mol. The lowest BCUT2D eigenvalue weighted by Crippen LogP contribution is -2.42. The van der Waals surface area contributed by atoms with Crippen molar-refractivity contribution in [3.05, 3.63) is 63.2 Å². The van der Waals surface area contributed by atoms with E-state index in [4.69, 9.17) is 27.2 Å². The van der Waals surface area contributed by atoms with Crippen LogP contribution in [-0.4, -0.2) is 61.2 Å². The molecule has 0 radical (unpaired) electrons. The summed E-state index contributed by atoms with van der Waals surface area (Å²) in [5.41, 5.74) is 2.14. The molecule has 0 spiro atoms. The Labute approximate surface area is 204 Å². The number of aromatic amines is 1. The van der Waals surface area contributed by atoms with Gasteiger partial charge in [0, 0.05) is 44.2 Å². The summed E-state index contributed by atoms with van der Waals surface area (Å²) >= 11 is 5.43. The monoisotopic (exact) mass is 487 g/mol. The zero-order valence-electron chi connectivity index (χ0n) is 18.9. The summed E-state index contributed by atoms with van der Waals surface area (Å²) in [7, 11) is 1.61. The van der Waals surface area contributed by atoms with Crippen molar-refractivity contribution in [2.75, 3.05) is 26.8 Å². The van der Waals surface area contributed by atoms with Crippen molar-refractivity contribution in [3.63, 3.8) is 0 Å². The van der Waals surface area contributed by atoms with Crippen LogP contribution < -0.4 is 11.2 Å². The van der Waals surface area contributed by atoms with Crippen LogP contribution in [0.4, 0.5) is 0 Å². The smallest absolute Gasteiger partial charge is 0.329 e. The maximum Gasteiger partial charge on any atom is 0.329 e. The van der Waals surface area contributed by atoms with Crippen LogP contribution in [0.2, 0.25) is 0 Å². The van der Waals surface area contributed by atoms with Crippen LogP contribution in [0.25, 0.3) is 33.2 Å². The molecule has 0 aromatic carbocycles. The van der Waals surface area contributed by atoms with Gasteiger partial charge >= 0.3 is 5.69 Å². The van der Waals surface area contributed by atoms with E-state index in [1.54, 1.807) is 42.1 Å². The summed E-state index contributed by atoms with van der Waals surface area (Å²) < 4.78 is 6.80. The fourth-order valence-corrected chi connectivity index (χ4v) is 4.80. The first-order valence-electron chi connectivity index (χ1n) is 11.1. The van der Waals surface area contributed by atoms with Crippen LogP contribution in [0.15, 0.2) is 46.2 Å². The third-order valence-corrected chi connectivity index (χ3v) is 6.61. The molecule has 5 heterocycles. The maximum absolute atomic E-state index is 13.1. The molecule has 10 nitrogen and oxygen atoms in total. The number of likely N-dealkylation sites (tertiary alicyclic amines) is 1. The van der Waals surface area contributed by atoms with Gasteiger partial charge in [-0.2, -0.15) is 5.26 Å². The minimum Gasteiger partial charge on any atom is -0.378 e. The molecule has 0 aliphatic carbocycles. The molecule has 5 rings (SSSR count). The van der Waals surface area contributed by atoms with E-state index in [2.05, 4.69) is 19.9 Å². The Bertz CT molecular complexity index is 1600. The Morgan fingerprint density at radius 3 is 2.69 bits per heavy atom. The zero-order valence-corrected chi connectivity index (χ0v) is 19.7. The topological polar surface area (TPSA) is 130 Å². The third kappa shape index (κ3) is 4.18. The van der Waals surface area contributed by atoms with Crippen LogP contribution in [0.3, 0.4) is 0 Å². The largest absolute Gasteiger partial charge is 0.378 e. The number of rotatable bonds is 4. The lowest BCUT2D eigenvalue weighted by molar-refractivity contribution is 0.215. The van der Waals surface area contributed by atoms with Gasteiger partial charge in [0.25, 0.3) is 5.56 Å². The highest BCUT2D eigenvalue weighted by Crippen LogP contribution is 2.28. The predicted octanol–water partition coefficient (Wildman–Crippen LogP) is 2.18. The third-order valence-electron chi connectivity index (χ3n) is 6.23. The number of methoxy groups -OCH3 is 1. The summed E-state index contributed by atoms with van der Waals surface area (Å²) in [6.45, 7) is 1.74. The molecule has 0 unspecified atom stereocenters. The molecule has 1 aliphatic rings. The van der Waals surface area contributed by atoms with Gasteiger partial charge in [0.1, 0.15) is 22.3 Å². The van der Waals surface area contributed by atoms with Gasteiger partial charge in [0.15, 0.2) is 0 Å². The number of ether oxygens (including phenoxy) is 1. The van der Waals surface area contributed by atoms with E-state index < -0.39 is 11.2 Å². The molecule has 1 saturated heterocycles. The van der Waals surface area contributed by atoms with E-state index in [0.717, 1.165) is 4.99 Å². The summed E-state index contributed by atoms with van der Waals surface area (Å²) in [6.07, 6.45) is 4.41. The van der Waals surface area contributed by atoms with E-state index in [1.807, 2.05) is 6.07 Å². The summed E-state index contributed by atoms with van der Waals surface area (Å²) in [5, 5.41) is 9.32. The molecular formula is C24H21N7O3S. The van der Waals surface area contributed by atoms with Gasteiger partial charge in [-0.15, -0.1) is 0 Å². The van der Waals surface area contributed by atoms with Crippen LogP contribution >= 0.6 is 12.2 Å². The fraction of sp³-hybridized carbons (Fsp3) is 0.292. The first kappa shape index (κ1) is 22.8. The number of nitrogens with zero attached hydrogens (tertiary/aromatic N) is 6. The van der Waals surface area contributed by atoms with E-state index in [1.165, 1.54) is 6.20 Å². The lowest BCUT2D eigenvalue weighted by Gasteiger charge is -2.34. The molecule has 176 valence electrons. The van der Waals surface area contributed by atoms with Crippen molar-refractivity contribution in [1.29, 1.82) is 5.26 Å². The van der Waals surface area contributed by atoms with Crippen molar-refractivity contribution in [3.8, 4) is 17.3 Å². The number of piperidine rings is 1. The SMILES string of the molecule is COCC(=S)N1CCC(n2c(=O)[nH]c(=O)c3cnc4ccc(-c5ccc(C#N)nc5)nc4c32)CC1. The Balaban J connectivity index is 1.64. The van der Waals surface area contributed by atoms with Crippen molar-refractivity contribution in [1.82, 2.24) is 29.4 Å². The van der Waals surface area contributed by atoms with Crippen molar-refractivity contribution < 1.29 is 4.74 Å². The molecule has 4 aromatic rings. The summed E-state index contributed by atoms with van der Waals surface area (Å²) in [6, 6.07) is 8.83. The molecule has 1 fully saturated rings. The molecular weight excluding hydrogens is 466 g/mol. The highest BCUT2D eigenvalue weighted by molar-refractivity contribution is 7.80. The van der Waals surface area contributed by atoms with E-state index >= 15 is 0 Å². The highest BCUT2D eigenvalue weighted by atomic mass is 32.1. The van der Waals surface area contributed by atoms with Gasteiger partial charge in [0.2, 0.25) is 0 Å². The number of thiocarbonyl (C=S) groups is 1. The number of hydrogen-bond acceptors (Lipinski definition) is 8. The van der Waals surface area contributed by atoms with Gasteiger partial charge in [0.05, 0.1) is 28.7 Å². The number of pyridine rings is 3. The van der Waals surface area contributed by atoms with Crippen LogP contribution in [0.1, 0.15) is 24.6 Å². The molecule has 0 atom stereocenters. The quantitative estimate of drug-likeness (QED) is 0.340. The molecule has 35 heavy (non-hydrogen) atoms. The van der Waals surface area contributed by atoms with Crippen molar-refractivity contribution >= 4 is 39.1 Å². The van der Waals surface area contributed by atoms with E-state index in [-0.39, 0.29) is 6.04 Å². The second kappa shape index (κ2) is 9.32. The second-order valence-electron chi connectivity index (χ2n) is 8.30. The van der Waals surface area contributed by atoms with Gasteiger partial charge in [-0.25, -0.2) is 14.8 Å². The molecule has 0 saturated carbocycles. The number of nitriles is 1. The second-order valence-corrected chi connectivity index (χ2v) is 8.77. The van der Waals surface area contributed by atoms with Gasteiger partial charge in [-0.1, -0.05) is 12.2 Å². The molecule has 0 amide bonds. The molecule has 4 aromatic heterocycles. The van der Waals surface area contributed by atoms with E-state index in [0.29, 0.717) is 71.4 Å². The normalized spacial score (nSPS) is 14.3. The van der Waals surface area contributed by atoms with Gasteiger partial charge < -0.3 is 9.64 Å².